The molecule has 0 fully saturated rings. The Balaban J connectivity index is 0.000000423. The number of aliphatic carboxylic acids is 1. The van der Waals surface area contributed by atoms with Crippen LogP contribution in [0.15, 0.2) is 36.5 Å². The molecule has 0 radical (unpaired) electrons. The second-order valence-electron chi connectivity index (χ2n) is 6.78. The van der Waals surface area contributed by atoms with E-state index < -0.39 is 22.2 Å². The van der Waals surface area contributed by atoms with Crippen molar-refractivity contribution >= 4 is 16.0 Å². The Kier molecular flexibility index (Phi) is 8.14. The van der Waals surface area contributed by atoms with Gasteiger partial charge >= 0.3 is 12.1 Å². The topological polar surface area (TPSA) is 105 Å². The lowest BCUT2D eigenvalue weighted by molar-refractivity contribution is -0.192. The minimum Gasteiger partial charge on any atom is -0.475 e. The van der Waals surface area contributed by atoms with E-state index in [9.17, 15) is 26.0 Å². The van der Waals surface area contributed by atoms with Gasteiger partial charge in [0.1, 0.15) is 5.82 Å². The number of halogens is 4. The molecule has 1 aliphatic heterocycles. The summed E-state index contributed by atoms with van der Waals surface area (Å²) in [5.74, 6) is -2.95. The minimum absolute atomic E-state index is 0.0543. The van der Waals surface area contributed by atoms with Crippen LogP contribution in [0.3, 0.4) is 0 Å². The quantitative estimate of drug-likeness (QED) is 0.633. The Hall–Kier alpha value is -2.51. The van der Waals surface area contributed by atoms with E-state index in [0.29, 0.717) is 26.2 Å². The van der Waals surface area contributed by atoms with Gasteiger partial charge in [-0.05, 0) is 30.7 Å². The molecule has 1 atom stereocenters. The first-order valence-electron chi connectivity index (χ1n) is 9.18. The van der Waals surface area contributed by atoms with Gasteiger partial charge in [0.2, 0.25) is 10.0 Å². The zero-order chi connectivity index (χ0) is 23.2. The Bertz CT molecular complexity index is 994. The van der Waals surface area contributed by atoms with Crippen LogP contribution in [0.25, 0.3) is 0 Å². The fourth-order valence-electron chi connectivity index (χ4n) is 2.95. The lowest BCUT2D eigenvalue weighted by Gasteiger charge is -2.34. The van der Waals surface area contributed by atoms with Crippen molar-refractivity contribution in [3.05, 3.63) is 53.6 Å². The van der Waals surface area contributed by atoms with Crippen molar-refractivity contribution in [1.82, 2.24) is 19.4 Å². The first kappa shape index (κ1) is 24.8. The number of nitrogens with one attached hydrogen (secondary N) is 1. The largest absolute Gasteiger partial charge is 0.490 e. The molecular weight excluding hydrogens is 444 g/mol. The predicted octanol–water partition coefficient (Wildman–Crippen LogP) is 2.15. The first-order chi connectivity index (χ1) is 14.4. The van der Waals surface area contributed by atoms with Crippen molar-refractivity contribution in [1.29, 1.82) is 0 Å². The second kappa shape index (κ2) is 10.2. The molecule has 1 aromatic heterocycles. The van der Waals surface area contributed by atoms with E-state index in [2.05, 4.69) is 14.7 Å². The summed E-state index contributed by atoms with van der Waals surface area (Å²) in [6.45, 7) is 3.87. The van der Waals surface area contributed by atoms with Gasteiger partial charge in [-0.15, -0.1) is 0 Å². The molecule has 2 aromatic rings. The smallest absolute Gasteiger partial charge is 0.475 e. The third kappa shape index (κ3) is 7.60. The highest BCUT2D eigenvalue weighted by atomic mass is 32.2. The number of rotatable bonds is 6. The van der Waals surface area contributed by atoms with Gasteiger partial charge in [0.25, 0.3) is 0 Å². The normalized spacial score (nSPS) is 16.9. The van der Waals surface area contributed by atoms with Crippen molar-refractivity contribution in [2.45, 2.75) is 32.2 Å². The fourth-order valence-corrected chi connectivity index (χ4v) is 3.61. The van der Waals surface area contributed by atoms with Crippen LogP contribution in [0.1, 0.15) is 24.2 Å². The molecular formula is C18H22F4N4O4S. The van der Waals surface area contributed by atoms with Crippen LogP contribution in [0.5, 0.6) is 0 Å². The second-order valence-corrected chi connectivity index (χ2v) is 8.87. The maximum absolute atomic E-state index is 13.4. The van der Waals surface area contributed by atoms with Crippen molar-refractivity contribution in [2.24, 2.45) is 0 Å². The molecule has 172 valence electrons. The summed E-state index contributed by atoms with van der Waals surface area (Å²) in [5, 5.41) is 11.4. The maximum atomic E-state index is 13.4. The molecule has 2 N–H and O–H groups in total. The summed E-state index contributed by atoms with van der Waals surface area (Å²) in [5.41, 5.74) is 1.93. The van der Waals surface area contributed by atoms with Crippen molar-refractivity contribution in [3.63, 3.8) is 0 Å². The van der Waals surface area contributed by atoms with Gasteiger partial charge in [-0.2, -0.15) is 18.3 Å². The summed E-state index contributed by atoms with van der Waals surface area (Å²) in [6, 6.07) is 8.39. The summed E-state index contributed by atoms with van der Waals surface area (Å²) in [6.07, 6.45) is -3.36. The molecule has 1 unspecified atom stereocenters. The number of benzene rings is 1. The van der Waals surface area contributed by atoms with Crippen LogP contribution in [0, 0.1) is 5.82 Å². The Morgan fingerprint density at radius 1 is 1.32 bits per heavy atom. The predicted molar refractivity (Wildman–Crippen MR) is 103 cm³/mol. The van der Waals surface area contributed by atoms with Crippen molar-refractivity contribution in [2.75, 3.05) is 18.8 Å². The molecule has 0 spiro atoms. The monoisotopic (exact) mass is 466 g/mol. The molecule has 3 rings (SSSR count). The zero-order valence-corrected chi connectivity index (χ0v) is 17.3. The molecule has 2 heterocycles. The van der Waals surface area contributed by atoms with Crippen LogP contribution in [-0.2, 0) is 27.9 Å². The number of hydrogen-bond acceptors (Lipinski definition) is 5. The van der Waals surface area contributed by atoms with E-state index in [0.717, 1.165) is 11.3 Å². The minimum atomic E-state index is -5.08. The molecule has 0 saturated heterocycles. The summed E-state index contributed by atoms with van der Waals surface area (Å²) in [7, 11) is -3.25. The number of nitrogens with zero attached hydrogens (tertiary/aromatic N) is 3. The Morgan fingerprint density at radius 2 is 2.00 bits per heavy atom. The van der Waals surface area contributed by atoms with E-state index in [1.165, 1.54) is 12.1 Å². The van der Waals surface area contributed by atoms with Gasteiger partial charge in [0.15, 0.2) is 0 Å². The summed E-state index contributed by atoms with van der Waals surface area (Å²) < 4.78 is 73.0. The van der Waals surface area contributed by atoms with E-state index in [1.54, 1.807) is 19.2 Å². The van der Waals surface area contributed by atoms with Gasteiger partial charge < -0.3 is 5.11 Å². The highest BCUT2D eigenvalue weighted by molar-refractivity contribution is 7.89. The lowest BCUT2D eigenvalue weighted by atomic mass is 10.1. The van der Waals surface area contributed by atoms with Crippen LogP contribution >= 0.6 is 0 Å². The van der Waals surface area contributed by atoms with Gasteiger partial charge in [-0.1, -0.05) is 12.1 Å². The summed E-state index contributed by atoms with van der Waals surface area (Å²) >= 11 is 0. The van der Waals surface area contributed by atoms with Gasteiger partial charge in [0.05, 0.1) is 17.5 Å². The highest BCUT2D eigenvalue weighted by Crippen LogP contribution is 2.22. The van der Waals surface area contributed by atoms with Gasteiger partial charge in [0, 0.05) is 32.4 Å². The first-order valence-corrected chi connectivity index (χ1v) is 10.8. The molecule has 0 amide bonds. The van der Waals surface area contributed by atoms with Crippen LogP contribution in [-0.4, -0.2) is 59.2 Å². The highest BCUT2D eigenvalue weighted by Gasteiger charge is 2.38. The number of alkyl halides is 3. The van der Waals surface area contributed by atoms with E-state index in [-0.39, 0.29) is 17.6 Å². The molecule has 31 heavy (non-hydrogen) atoms. The molecule has 1 aliphatic rings. The van der Waals surface area contributed by atoms with Crippen LogP contribution in [0.4, 0.5) is 17.6 Å². The molecule has 1 aromatic carbocycles. The molecule has 8 nitrogen and oxygen atoms in total. The number of fused-ring (bicyclic) bond motifs is 1. The number of sulfonamides is 1. The number of carboxylic acids is 1. The van der Waals surface area contributed by atoms with E-state index in [1.807, 2.05) is 16.8 Å². The summed E-state index contributed by atoms with van der Waals surface area (Å²) in [4.78, 5) is 11.1. The Labute approximate surface area is 176 Å². The Morgan fingerprint density at radius 3 is 2.58 bits per heavy atom. The van der Waals surface area contributed by atoms with E-state index >= 15 is 0 Å². The standard InChI is InChI=1S/C16H21FN4O2S.C2HF3O2/c1-2-24(22,23)19-9-16-12-20(11-15-6-7-18-21(15)16)10-13-4-3-5-14(17)8-13;3-2(4,5)1(6)7/h3-8,16,19H,2,9-12H2,1H3;(H,6,7). The third-order valence-electron chi connectivity index (χ3n) is 4.41. The molecule has 13 heteroatoms. The molecule has 0 aliphatic carbocycles. The van der Waals surface area contributed by atoms with Crippen molar-refractivity contribution in [3.8, 4) is 0 Å². The number of aromatic nitrogens is 2. The average Bonchev–Trinajstić information content (AvgIpc) is 3.14. The number of carboxylic acid groups (broad SMARTS) is 1. The number of hydrogen-bond donors (Lipinski definition) is 2. The average molecular weight is 466 g/mol. The SMILES string of the molecule is CCS(=O)(=O)NCC1CN(Cc2cccc(F)c2)Cc2ccnn21.O=C(O)C(F)(F)F. The van der Waals surface area contributed by atoms with Crippen LogP contribution < -0.4 is 4.72 Å². The maximum Gasteiger partial charge on any atom is 0.490 e. The third-order valence-corrected chi connectivity index (χ3v) is 5.78. The van der Waals surface area contributed by atoms with E-state index in [4.69, 9.17) is 9.90 Å². The molecule has 0 bridgehead atoms. The van der Waals surface area contributed by atoms with Gasteiger partial charge in [-0.25, -0.2) is 22.3 Å². The van der Waals surface area contributed by atoms with Gasteiger partial charge in [-0.3, -0.25) is 9.58 Å². The zero-order valence-electron chi connectivity index (χ0n) is 16.5. The fraction of sp³-hybridized carbons (Fsp3) is 0.444. The van der Waals surface area contributed by atoms with Crippen LogP contribution in [0.2, 0.25) is 0 Å². The van der Waals surface area contributed by atoms with Crippen molar-refractivity contribution < 1.29 is 35.9 Å². The number of carbonyl (C=O) groups is 1. The lowest BCUT2D eigenvalue weighted by Crippen LogP contribution is -2.42. The molecule has 0 saturated carbocycles.